The van der Waals surface area contributed by atoms with Crippen LogP contribution in [0.4, 0.5) is 0 Å². The maximum absolute atomic E-state index is 13.8. The lowest BCUT2D eigenvalue weighted by atomic mass is 10.1. The average Bonchev–Trinajstić information content (AvgIpc) is 3.19. The highest BCUT2D eigenvalue weighted by atomic mass is 32.2. The molecule has 6 nitrogen and oxygen atoms in total. The normalized spacial score (nSPS) is 11.2. The molecule has 0 radical (unpaired) electrons. The Hall–Kier alpha value is -2.75. The fourth-order valence-corrected chi connectivity index (χ4v) is 6.42. The number of hydrogen-bond donors (Lipinski definition) is 0. The molecule has 0 aliphatic heterocycles. The molecular weight excluding hydrogens is 509 g/mol. The minimum absolute atomic E-state index is 0.0502. The molecule has 0 spiro atoms. The van der Waals surface area contributed by atoms with Crippen LogP contribution in [0.1, 0.15) is 37.8 Å². The van der Waals surface area contributed by atoms with Gasteiger partial charge in [-0.05, 0) is 62.7 Å². The number of carbonyl (C=O) groups excluding carboxylic acids is 1. The summed E-state index contributed by atoms with van der Waals surface area (Å²) in [6.07, 6.45) is 1.81. The van der Waals surface area contributed by atoms with Crippen molar-refractivity contribution in [2.24, 2.45) is 0 Å². The van der Waals surface area contributed by atoms with Gasteiger partial charge in [0.1, 0.15) is 4.70 Å². The number of carbonyl (C=O) groups is 1. The SMILES string of the molecule is CCCN(CCC)C(=O)CSc1nc2c(sc(=S)n2-c2ccc(C)cc2C)c(=O)n1-c1ccccc1. The molecule has 0 aliphatic rings. The van der Waals surface area contributed by atoms with E-state index in [2.05, 4.69) is 19.9 Å². The van der Waals surface area contributed by atoms with Gasteiger partial charge in [0.25, 0.3) is 5.56 Å². The third kappa shape index (κ3) is 5.33. The molecule has 36 heavy (non-hydrogen) atoms. The van der Waals surface area contributed by atoms with Gasteiger partial charge < -0.3 is 4.90 Å². The number of fused-ring (bicyclic) bond motifs is 1. The van der Waals surface area contributed by atoms with Crippen molar-refractivity contribution in [2.75, 3.05) is 18.8 Å². The fourth-order valence-electron chi connectivity index (χ4n) is 4.22. The first-order valence-electron chi connectivity index (χ1n) is 12.1. The van der Waals surface area contributed by atoms with E-state index in [9.17, 15) is 9.59 Å². The molecule has 1 amide bonds. The highest BCUT2D eigenvalue weighted by Crippen LogP contribution is 2.29. The van der Waals surface area contributed by atoms with Gasteiger partial charge in [0.05, 0.1) is 17.1 Å². The van der Waals surface area contributed by atoms with Crippen LogP contribution in [0.25, 0.3) is 21.7 Å². The lowest BCUT2D eigenvalue weighted by molar-refractivity contribution is -0.128. The highest BCUT2D eigenvalue weighted by molar-refractivity contribution is 7.99. The number of nitrogens with zero attached hydrogens (tertiary/aromatic N) is 4. The lowest BCUT2D eigenvalue weighted by Gasteiger charge is -2.21. The number of benzene rings is 2. The fraction of sp³-hybridized carbons (Fsp3) is 0.333. The lowest BCUT2D eigenvalue weighted by Crippen LogP contribution is -2.34. The van der Waals surface area contributed by atoms with Crippen molar-refractivity contribution in [1.29, 1.82) is 0 Å². The molecule has 0 fully saturated rings. The molecule has 0 unspecified atom stereocenters. The van der Waals surface area contributed by atoms with Crippen LogP contribution in [0.15, 0.2) is 58.5 Å². The molecule has 4 aromatic rings. The molecule has 2 heterocycles. The Morgan fingerprint density at radius 2 is 1.75 bits per heavy atom. The topological polar surface area (TPSA) is 60.1 Å². The first-order valence-corrected chi connectivity index (χ1v) is 14.3. The second-order valence-electron chi connectivity index (χ2n) is 8.69. The standard InChI is InChI=1S/C27H30N4O2S3/c1-5-14-29(15-6-2)22(32)17-35-26-28-24-23(25(33)30(26)20-10-8-7-9-11-20)36-27(34)31(24)21-13-12-18(3)16-19(21)4/h7-13,16H,5-6,14-15,17H2,1-4H3. The zero-order chi connectivity index (χ0) is 25.8. The Kier molecular flexibility index (Phi) is 8.43. The second-order valence-corrected chi connectivity index (χ2v) is 11.3. The van der Waals surface area contributed by atoms with Gasteiger partial charge in [0.2, 0.25) is 5.91 Å². The van der Waals surface area contributed by atoms with Crippen LogP contribution in [0, 0.1) is 17.8 Å². The smallest absolute Gasteiger partial charge is 0.278 e. The van der Waals surface area contributed by atoms with Crippen LogP contribution in [-0.4, -0.2) is 43.8 Å². The highest BCUT2D eigenvalue weighted by Gasteiger charge is 2.21. The monoisotopic (exact) mass is 538 g/mol. The van der Waals surface area contributed by atoms with Gasteiger partial charge >= 0.3 is 0 Å². The van der Waals surface area contributed by atoms with Crippen molar-refractivity contribution in [1.82, 2.24) is 19.0 Å². The summed E-state index contributed by atoms with van der Waals surface area (Å²) < 4.78 is 4.55. The molecule has 0 atom stereocenters. The van der Waals surface area contributed by atoms with Crippen LogP contribution in [0.3, 0.4) is 0 Å². The Morgan fingerprint density at radius 3 is 2.39 bits per heavy atom. The number of aryl methyl sites for hydroxylation is 2. The van der Waals surface area contributed by atoms with Crippen molar-refractivity contribution in [3.63, 3.8) is 0 Å². The molecule has 0 bridgehead atoms. The van der Waals surface area contributed by atoms with Gasteiger partial charge in [-0.15, -0.1) is 0 Å². The average molecular weight is 539 g/mol. The van der Waals surface area contributed by atoms with Crippen molar-refractivity contribution in [2.45, 2.75) is 45.7 Å². The van der Waals surface area contributed by atoms with E-state index in [1.54, 1.807) is 4.57 Å². The van der Waals surface area contributed by atoms with Crippen molar-refractivity contribution in [3.05, 3.63) is 74.0 Å². The number of thiazole rings is 1. The second kappa shape index (κ2) is 11.5. The summed E-state index contributed by atoms with van der Waals surface area (Å²) >= 11 is 8.28. The van der Waals surface area contributed by atoms with Crippen LogP contribution < -0.4 is 5.56 Å². The quantitative estimate of drug-likeness (QED) is 0.142. The number of aromatic nitrogens is 3. The van der Waals surface area contributed by atoms with Gasteiger partial charge in [-0.2, -0.15) is 0 Å². The van der Waals surface area contributed by atoms with Crippen LogP contribution >= 0.6 is 35.3 Å². The molecule has 2 aromatic heterocycles. The van der Waals surface area contributed by atoms with Gasteiger partial charge in [-0.1, -0.05) is 72.8 Å². The Morgan fingerprint density at radius 1 is 1.06 bits per heavy atom. The maximum Gasteiger partial charge on any atom is 0.278 e. The van der Waals surface area contributed by atoms with E-state index in [0.29, 0.717) is 25.1 Å². The minimum atomic E-state index is -0.181. The van der Waals surface area contributed by atoms with E-state index < -0.39 is 0 Å². The number of amides is 1. The van der Waals surface area contributed by atoms with E-state index in [1.807, 2.05) is 65.8 Å². The molecule has 0 saturated heterocycles. The molecule has 0 saturated carbocycles. The largest absolute Gasteiger partial charge is 0.342 e. The molecule has 0 aliphatic carbocycles. The predicted octanol–water partition coefficient (Wildman–Crippen LogP) is 6.32. The van der Waals surface area contributed by atoms with Crippen LogP contribution in [0.2, 0.25) is 0 Å². The van der Waals surface area contributed by atoms with Gasteiger partial charge in [0, 0.05) is 13.1 Å². The Labute approximate surface area is 224 Å². The van der Waals surface area contributed by atoms with E-state index >= 15 is 0 Å². The number of hydrogen-bond acceptors (Lipinski definition) is 6. The first kappa shape index (κ1) is 26.3. The molecule has 0 N–H and O–H groups in total. The van der Waals surface area contributed by atoms with E-state index in [-0.39, 0.29) is 17.2 Å². The molecule has 9 heteroatoms. The van der Waals surface area contributed by atoms with Gasteiger partial charge in [-0.3, -0.25) is 18.7 Å². The zero-order valence-corrected chi connectivity index (χ0v) is 23.4. The summed E-state index contributed by atoms with van der Waals surface area (Å²) in [4.78, 5) is 33.7. The maximum atomic E-state index is 13.8. The molecule has 2 aromatic carbocycles. The number of rotatable bonds is 9. The third-order valence-electron chi connectivity index (χ3n) is 5.85. The third-order valence-corrected chi connectivity index (χ3v) is 8.12. The van der Waals surface area contributed by atoms with E-state index in [0.717, 1.165) is 42.7 Å². The first-order chi connectivity index (χ1) is 17.3. The van der Waals surface area contributed by atoms with Crippen molar-refractivity contribution < 1.29 is 4.79 Å². The number of para-hydroxylation sites is 1. The Bertz CT molecular complexity index is 1500. The molecule has 188 valence electrons. The summed E-state index contributed by atoms with van der Waals surface area (Å²) in [7, 11) is 0. The van der Waals surface area contributed by atoms with Crippen LogP contribution in [-0.2, 0) is 4.79 Å². The minimum Gasteiger partial charge on any atom is -0.342 e. The van der Waals surface area contributed by atoms with Gasteiger partial charge in [0.15, 0.2) is 14.8 Å². The summed E-state index contributed by atoms with van der Waals surface area (Å²) in [6.45, 7) is 9.66. The van der Waals surface area contributed by atoms with Gasteiger partial charge in [-0.25, -0.2) is 4.98 Å². The summed E-state index contributed by atoms with van der Waals surface area (Å²) in [5.41, 5.74) is 4.18. The van der Waals surface area contributed by atoms with E-state index in [1.165, 1.54) is 23.1 Å². The number of thioether (sulfide) groups is 1. The molecule has 4 rings (SSSR count). The summed E-state index contributed by atoms with van der Waals surface area (Å²) in [5, 5.41) is 0.478. The van der Waals surface area contributed by atoms with E-state index in [4.69, 9.17) is 17.2 Å². The predicted molar refractivity (Wildman–Crippen MR) is 153 cm³/mol. The van der Waals surface area contributed by atoms with Crippen molar-refractivity contribution in [3.8, 4) is 11.4 Å². The van der Waals surface area contributed by atoms with Crippen LogP contribution in [0.5, 0.6) is 0 Å². The zero-order valence-electron chi connectivity index (χ0n) is 21.0. The van der Waals surface area contributed by atoms with Crippen molar-refractivity contribution >= 4 is 51.6 Å². The summed E-state index contributed by atoms with van der Waals surface area (Å²) in [6, 6.07) is 15.6. The summed E-state index contributed by atoms with van der Waals surface area (Å²) in [5.74, 6) is 0.258. The molecular formula is C27H30N4O2S3. The Balaban J connectivity index is 1.87.